The number of carboxylic acids is 1. The molecule has 1 atom stereocenters. The normalized spacial score (nSPS) is 19.6. The molecule has 1 aliphatic rings. The lowest BCUT2D eigenvalue weighted by molar-refractivity contribution is -0.0400. The van der Waals surface area contributed by atoms with Crippen LogP contribution in [0.25, 0.3) is 0 Å². The van der Waals surface area contributed by atoms with Gasteiger partial charge in [-0.2, -0.15) is 0 Å². The van der Waals surface area contributed by atoms with Crippen molar-refractivity contribution >= 4 is 5.97 Å². The molecule has 0 aromatic carbocycles. The number of carbonyl (C=O) groups is 1. The van der Waals surface area contributed by atoms with Crippen LogP contribution in [-0.4, -0.2) is 34.1 Å². The van der Waals surface area contributed by atoms with Crippen LogP contribution >= 0.6 is 0 Å². The first kappa shape index (κ1) is 13.9. The van der Waals surface area contributed by atoms with Gasteiger partial charge in [-0.05, 0) is 25.2 Å². The molecule has 0 spiro atoms. The third kappa shape index (κ3) is 3.47. The van der Waals surface area contributed by atoms with Crippen molar-refractivity contribution in [2.45, 2.75) is 39.3 Å². The number of carboxylic acid groups (broad SMARTS) is 1. The first-order valence-electron chi connectivity index (χ1n) is 6.64. The van der Waals surface area contributed by atoms with Gasteiger partial charge in [0.05, 0.1) is 6.61 Å². The molecule has 1 aromatic rings. The second-order valence-electron chi connectivity index (χ2n) is 5.16. The van der Waals surface area contributed by atoms with Crippen molar-refractivity contribution in [3.05, 3.63) is 11.8 Å². The summed E-state index contributed by atoms with van der Waals surface area (Å²) in [5.74, 6) is -0.533. The Morgan fingerprint density at radius 1 is 1.63 bits per heavy atom. The number of hydrogen-bond acceptors (Lipinski definition) is 4. The van der Waals surface area contributed by atoms with Gasteiger partial charge in [0, 0.05) is 12.8 Å². The van der Waals surface area contributed by atoms with Crippen molar-refractivity contribution in [1.29, 1.82) is 0 Å². The van der Waals surface area contributed by atoms with Gasteiger partial charge in [-0.15, -0.1) is 5.10 Å². The van der Waals surface area contributed by atoms with Crippen LogP contribution in [0.4, 0.5) is 0 Å². The van der Waals surface area contributed by atoms with E-state index in [-0.39, 0.29) is 17.7 Å². The van der Waals surface area contributed by atoms with E-state index in [1.165, 1.54) is 6.20 Å². The number of rotatable bonds is 5. The molecule has 1 N–H and O–H groups in total. The summed E-state index contributed by atoms with van der Waals surface area (Å²) in [6, 6.07) is 0. The summed E-state index contributed by atoms with van der Waals surface area (Å²) >= 11 is 0. The lowest BCUT2D eigenvalue weighted by Crippen LogP contribution is -2.18. The molecule has 1 saturated heterocycles. The minimum absolute atomic E-state index is 0.0924. The largest absolute Gasteiger partial charge is 0.477 e. The highest BCUT2D eigenvalue weighted by Gasteiger charge is 2.23. The molecule has 1 aromatic heterocycles. The fourth-order valence-corrected chi connectivity index (χ4v) is 1.95. The second kappa shape index (κ2) is 6.06. The van der Waals surface area contributed by atoms with Crippen LogP contribution in [0, 0.1) is 5.92 Å². The van der Waals surface area contributed by atoms with Gasteiger partial charge in [-0.1, -0.05) is 13.8 Å². The molecule has 1 fully saturated rings. The Balaban J connectivity index is 2.16. The number of ether oxygens (including phenoxy) is 2. The van der Waals surface area contributed by atoms with E-state index < -0.39 is 5.97 Å². The standard InChI is InChI=1S/C13H20N2O4/c1-9(2)8-19-12-10(13(16)17)7-15(14-12)11-5-3-4-6-18-11/h7,9,11H,3-6,8H2,1-2H3,(H,16,17). The summed E-state index contributed by atoms with van der Waals surface area (Å²) in [5.41, 5.74) is 0.0924. The smallest absolute Gasteiger partial charge is 0.342 e. The zero-order valence-corrected chi connectivity index (χ0v) is 11.3. The summed E-state index contributed by atoms with van der Waals surface area (Å²) in [7, 11) is 0. The first-order chi connectivity index (χ1) is 9.08. The highest BCUT2D eigenvalue weighted by molar-refractivity contribution is 5.89. The third-order valence-electron chi connectivity index (χ3n) is 2.93. The van der Waals surface area contributed by atoms with Crippen molar-refractivity contribution in [2.75, 3.05) is 13.2 Å². The van der Waals surface area contributed by atoms with E-state index in [2.05, 4.69) is 5.10 Å². The van der Waals surface area contributed by atoms with Crippen molar-refractivity contribution in [1.82, 2.24) is 9.78 Å². The average Bonchev–Trinajstić information content (AvgIpc) is 2.81. The summed E-state index contributed by atoms with van der Waals surface area (Å²) in [6.45, 7) is 5.14. The minimum Gasteiger partial charge on any atom is -0.477 e. The summed E-state index contributed by atoms with van der Waals surface area (Å²) in [4.78, 5) is 11.2. The van der Waals surface area contributed by atoms with Gasteiger partial charge in [-0.25, -0.2) is 9.48 Å². The minimum atomic E-state index is -1.03. The maximum atomic E-state index is 11.2. The van der Waals surface area contributed by atoms with Crippen molar-refractivity contribution in [3.63, 3.8) is 0 Å². The Morgan fingerprint density at radius 2 is 2.42 bits per heavy atom. The zero-order chi connectivity index (χ0) is 13.8. The molecule has 6 heteroatoms. The van der Waals surface area contributed by atoms with E-state index in [4.69, 9.17) is 14.6 Å². The molecule has 19 heavy (non-hydrogen) atoms. The molecule has 6 nitrogen and oxygen atoms in total. The maximum absolute atomic E-state index is 11.2. The molecule has 0 saturated carbocycles. The SMILES string of the molecule is CC(C)COc1nn(C2CCCCO2)cc1C(=O)O. The van der Waals surface area contributed by atoms with Crippen LogP contribution in [0.5, 0.6) is 5.88 Å². The topological polar surface area (TPSA) is 73.6 Å². The van der Waals surface area contributed by atoms with Crippen LogP contribution in [0.15, 0.2) is 6.20 Å². The van der Waals surface area contributed by atoms with Gasteiger partial charge in [0.1, 0.15) is 11.8 Å². The number of nitrogens with zero attached hydrogens (tertiary/aromatic N) is 2. The lowest BCUT2D eigenvalue weighted by Gasteiger charge is -2.22. The van der Waals surface area contributed by atoms with Crippen molar-refractivity contribution in [3.8, 4) is 5.88 Å². The monoisotopic (exact) mass is 268 g/mol. The second-order valence-corrected chi connectivity index (χ2v) is 5.16. The maximum Gasteiger partial charge on any atom is 0.342 e. The molecule has 1 aliphatic heterocycles. The van der Waals surface area contributed by atoms with Crippen LogP contribution in [0.1, 0.15) is 49.7 Å². The molecule has 0 amide bonds. The van der Waals surface area contributed by atoms with Gasteiger partial charge in [0.15, 0.2) is 0 Å². The van der Waals surface area contributed by atoms with E-state index in [0.717, 1.165) is 19.3 Å². The number of hydrogen-bond donors (Lipinski definition) is 1. The Morgan fingerprint density at radius 3 is 3.00 bits per heavy atom. The van der Waals surface area contributed by atoms with E-state index in [1.807, 2.05) is 13.8 Å². The average molecular weight is 268 g/mol. The van der Waals surface area contributed by atoms with E-state index in [0.29, 0.717) is 19.1 Å². The highest BCUT2D eigenvalue weighted by Crippen LogP contribution is 2.25. The van der Waals surface area contributed by atoms with Crippen LogP contribution < -0.4 is 4.74 Å². The highest BCUT2D eigenvalue weighted by atomic mass is 16.5. The molecule has 2 rings (SSSR count). The Hall–Kier alpha value is -1.56. The predicted octanol–water partition coefficient (Wildman–Crippen LogP) is 2.32. The van der Waals surface area contributed by atoms with E-state index >= 15 is 0 Å². The summed E-state index contributed by atoms with van der Waals surface area (Å²) < 4.78 is 12.6. The van der Waals surface area contributed by atoms with E-state index in [1.54, 1.807) is 4.68 Å². The summed E-state index contributed by atoms with van der Waals surface area (Å²) in [6.07, 6.45) is 4.27. The fourth-order valence-electron chi connectivity index (χ4n) is 1.95. The third-order valence-corrected chi connectivity index (χ3v) is 2.93. The number of aromatic carboxylic acids is 1. The molecule has 1 unspecified atom stereocenters. The zero-order valence-electron chi connectivity index (χ0n) is 11.3. The van der Waals surface area contributed by atoms with Crippen molar-refractivity contribution in [2.24, 2.45) is 5.92 Å². The molecule has 0 bridgehead atoms. The van der Waals surface area contributed by atoms with E-state index in [9.17, 15) is 4.79 Å². The van der Waals surface area contributed by atoms with Gasteiger partial charge < -0.3 is 14.6 Å². The van der Waals surface area contributed by atoms with Crippen LogP contribution in [-0.2, 0) is 4.74 Å². The number of aromatic nitrogens is 2. The Labute approximate surface area is 112 Å². The summed E-state index contributed by atoms with van der Waals surface area (Å²) in [5, 5.41) is 13.4. The molecule has 106 valence electrons. The Kier molecular flexibility index (Phi) is 4.42. The van der Waals surface area contributed by atoms with Gasteiger partial charge in [0.2, 0.25) is 5.88 Å². The lowest BCUT2D eigenvalue weighted by atomic mass is 10.2. The van der Waals surface area contributed by atoms with Crippen LogP contribution in [0.3, 0.4) is 0 Å². The van der Waals surface area contributed by atoms with Crippen LogP contribution in [0.2, 0.25) is 0 Å². The molecular weight excluding hydrogens is 248 g/mol. The Bertz CT molecular complexity index is 436. The van der Waals surface area contributed by atoms with Gasteiger partial charge in [-0.3, -0.25) is 0 Å². The molecule has 0 aliphatic carbocycles. The molecule has 0 radical (unpaired) electrons. The van der Waals surface area contributed by atoms with Gasteiger partial charge in [0.25, 0.3) is 0 Å². The fraction of sp³-hybridized carbons (Fsp3) is 0.692. The van der Waals surface area contributed by atoms with Crippen molar-refractivity contribution < 1.29 is 19.4 Å². The molecular formula is C13H20N2O4. The first-order valence-corrected chi connectivity index (χ1v) is 6.64. The molecule has 2 heterocycles. The quantitative estimate of drug-likeness (QED) is 0.887. The predicted molar refractivity (Wildman–Crippen MR) is 68.4 cm³/mol. The van der Waals surface area contributed by atoms with Gasteiger partial charge >= 0.3 is 5.97 Å².